The summed E-state index contributed by atoms with van der Waals surface area (Å²) in [7, 11) is -8.72. The Hall–Kier alpha value is -6.05. The Balaban J connectivity index is 0.837. The molecule has 3 aliphatic heterocycles. The van der Waals surface area contributed by atoms with Gasteiger partial charge in [-0.05, 0) is 74.7 Å². The molecule has 2 aromatic carbocycles. The van der Waals surface area contributed by atoms with E-state index >= 15 is 0 Å². The van der Waals surface area contributed by atoms with Crippen LogP contribution < -0.4 is 38.9 Å². The average Bonchev–Trinajstić information content (AvgIpc) is 4.06. The molecule has 1 amide bonds. The average molecular weight is 1190 g/mol. The number of methoxy groups -OCH3 is 1. The van der Waals surface area contributed by atoms with Gasteiger partial charge in [-0.1, -0.05) is 12.8 Å². The lowest BCUT2D eigenvalue weighted by molar-refractivity contribution is -0.0564. The lowest BCUT2D eigenvalue weighted by Crippen LogP contribution is -2.33. The number of aromatic amines is 2. The highest BCUT2D eigenvalue weighted by Crippen LogP contribution is 2.47. The second kappa shape index (κ2) is 25.8. The fourth-order valence-electron chi connectivity index (χ4n) is 9.20. The summed E-state index contributed by atoms with van der Waals surface area (Å²) in [6.45, 7) is 2.74. The predicted octanol–water partition coefficient (Wildman–Crippen LogP) is 4.25. The number of anilines is 1. The summed E-state index contributed by atoms with van der Waals surface area (Å²) in [5.74, 6) is -2.19. The van der Waals surface area contributed by atoms with Crippen molar-refractivity contribution in [3.8, 4) is 22.5 Å². The second-order valence-electron chi connectivity index (χ2n) is 18.5. The van der Waals surface area contributed by atoms with Crippen LogP contribution in [0.2, 0.25) is 0 Å². The number of hydrogen-bond acceptors (Lipinski definition) is 22. The van der Waals surface area contributed by atoms with Crippen LogP contribution in [0.1, 0.15) is 82.8 Å². The summed E-state index contributed by atoms with van der Waals surface area (Å²) in [5.41, 5.74) is 2.91. The van der Waals surface area contributed by atoms with Crippen molar-refractivity contribution in [1.29, 1.82) is 5.41 Å². The van der Waals surface area contributed by atoms with Crippen LogP contribution in [0, 0.1) is 19.3 Å². The van der Waals surface area contributed by atoms with Crippen molar-refractivity contribution in [2.45, 2.75) is 99.0 Å². The highest BCUT2D eigenvalue weighted by Gasteiger charge is 2.42. The molecule has 0 spiro atoms. The number of carboxylic acid groups (broad SMARTS) is 1. The van der Waals surface area contributed by atoms with E-state index < -0.39 is 115 Å². The minimum absolute atomic E-state index is 0.0154. The maximum absolute atomic E-state index is 13.5. The molecule has 28 nitrogen and oxygen atoms in total. The number of ether oxygens (including phenoxy) is 3. The Morgan fingerprint density at radius 2 is 1.46 bits per heavy atom. The number of carboxylic acids is 1. The Kier molecular flexibility index (Phi) is 19.4. The maximum atomic E-state index is 13.5. The van der Waals surface area contributed by atoms with Crippen LogP contribution in [-0.4, -0.2) is 121 Å². The van der Waals surface area contributed by atoms with Crippen molar-refractivity contribution < 1.29 is 78.7 Å². The number of nitrogens with one attached hydrogen (secondary N) is 4. The number of fused-ring (bicyclic) bond motifs is 2. The number of carbonyl (C=O) groups is 2. The monoisotopic (exact) mass is 1190 g/mol. The Labute approximate surface area is 459 Å². The molecule has 4 aromatic rings. The number of unbranched alkanes of at least 4 members (excludes halogenated alkanes) is 3. The first-order valence-electron chi connectivity index (χ1n) is 24.4. The van der Waals surface area contributed by atoms with Gasteiger partial charge >= 0.3 is 34.6 Å². The molecule has 4 aliphatic rings. The fourth-order valence-corrected chi connectivity index (χ4v) is 11.8. The summed E-state index contributed by atoms with van der Waals surface area (Å²) in [4.78, 5) is 101. The van der Waals surface area contributed by atoms with Gasteiger partial charge in [0.25, 0.3) is 27.1 Å². The second-order valence-corrected chi connectivity index (χ2v) is 22.4. The number of carbonyl (C=O) groups excluding carboxylic acids is 1. The maximum Gasteiger partial charge on any atom is 0.336 e. The molecule has 0 bridgehead atoms. The number of amides is 1. The zero-order valence-electron chi connectivity index (χ0n) is 42.7. The molecule has 5 heterocycles. The molecule has 8 atom stereocenters. The van der Waals surface area contributed by atoms with Gasteiger partial charge in [0, 0.05) is 84.1 Å². The van der Waals surface area contributed by atoms with Crippen LogP contribution in [0.25, 0.3) is 33.4 Å². The molecule has 2 fully saturated rings. The van der Waals surface area contributed by atoms with E-state index in [2.05, 4.69) is 15.3 Å². The molecular weight excluding hydrogens is 1140 g/mol. The lowest BCUT2D eigenvalue weighted by Gasteiger charge is -2.23. The van der Waals surface area contributed by atoms with Crippen LogP contribution in [0.15, 0.2) is 88.2 Å². The first-order chi connectivity index (χ1) is 38.1. The molecule has 32 heteroatoms. The molecular formula is C48H55N7O21P2S2. The van der Waals surface area contributed by atoms with E-state index in [4.69, 9.17) is 47.9 Å². The number of benzene rings is 3. The quantitative estimate of drug-likeness (QED) is 0.0101. The Bertz CT molecular complexity index is 3690. The number of aromatic nitrogens is 4. The Morgan fingerprint density at radius 1 is 0.850 bits per heavy atom. The predicted molar refractivity (Wildman–Crippen MR) is 286 cm³/mol. The molecule has 11 N–H and O–H groups in total. The van der Waals surface area contributed by atoms with Gasteiger partial charge in [0.05, 0.1) is 48.6 Å². The van der Waals surface area contributed by atoms with Crippen LogP contribution >= 0.6 is 29.2 Å². The number of rotatable bonds is 24. The van der Waals surface area contributed by atoms with E-state index in [0.717, 1.165) is 4.57 Å². The number of aromatic carboxylic acids is 1. The van der Waals surface area contributed by atoms with Crippen LogP contribution in [0.4, 0.5) is 5.69 Å². The normalized spacial score (nSPS) is 20.1. The number of aryl methyl sites for hydroxylation is 2. The molecule has 0 saturated carbocycles. The summed E-state index contributed by atoms with van der Waals surface area (Å²) in [5, 5.41) is 21.2. The highest BCUT2D eigenvalue weighted by atomic mass is 32.2. The van der Waals surface area contributed by atoms with Gasteiger partial charge < -0.3 is 67.2 Å². The van der Waals surface area contributed by atoms with E-state index in [-0.39, 0.29) is 106 Å². The minimum atomic E-state index is -5.05. The Morgan fingerprint density at radius 3 is 2.08 bits per heavy atom. The van der Waals surface area contributed by atoms with Crippen molar-refractivity contribution in [3.63, 3.8) is 0 Å². The number of nitrogens with two attached hydrogens (primary N) is 1. The smallest absolute Gasteiger partial charge is 0.336 e. The fraction of sp³-hybridized carbons (Fsp3) is 0.396. The van der Waals surface area contributed by atoms with Crippen molar-refractivity contribution in [3.05, 3.63) is 124 Å². The molecule has 6 unspecified atom stereocenters. The minimum Gasteiger partial charge on any atom is -0.478 e. The molecule has 80 heavy (non-hydrogen) atoms. The SMILES string of the molecule is CO[C@@H]1CC(n2cc(C)c(=O)[nH]c2=O)OC1COP(O)O[C@@H]1CC(n2cc(C)c(=O)[nH]c2=O)OC1COP(O)OCCCCCCNC(=O)c1ccc(C(=O)O)c(-c2c3ccc(=N)c(SO)c-3oc3c(S(=O)(=O)O)c(N)ccc23)c1. The summed E-state index contributed by atoms with van der Waals surface area (Å²) in [6, 6.07) is 9.06. The van der Waals surface area contributed by atoms with Crippen molar-refractivity contribution in [2.24, 2.45) is 0 Å². The largest absolute Gasteiger partial charge is 0.478 e. The number of nitrogen functional groups attached to an aromatic ring is 1. The summed E-state index contributed by atoms with van der Waals surface area (Å²) in [6.07, 6.45) is -0.0844. The lowest BCUT2D eigenvalue weighted by atomic mass is 9.89. The topological polar surface area (TPSA) is 419 Å². The summed E-state index contributed by atoms with van der Waals surface area (Å²) >= 11 is 0.129. The van der Waals surface area contributed by atoms with Crippen LogP contribution in [0.5, 0.6) is 0 Å². The third kappa shape index (κ3) is 13.5. The van der Waals surface area contributed by atoms with Crippen molar-refractivity contribution in [1.82, 2.24) is 24.4 Å². The third-order valence-corrected chi connectivity index (χ3v) is 16.3. The van der Waals surface area contributed by atoms with Crippen molar-refractivity contribution in [2.75, 3.05) is 39.2 Å². The van der Waals surface area contributed by atoms with E-state index in [1.807, 2.05) is 0 Å². The zero-order valence-corrected chi connectivity index (χ0v) is 46.1. The van der Waals surface area contributed by atoms with E-state index in [0.29, 0.717) is 31.2 Å². The molecule has 8 rings (SSSR count). The van der Waals surface area contributed by atoms with Gasteiger partial charge in [-0.2, -0.15) is 8.42 Å². The van der Waals surface area contributed by atoms with Gasteiger partial charge in [-0.15, -0.1) is 0 Å². The van der Waals surface area contributed by atoms with Crippen molar-refractivity contribution >= 4 is 67.9 Å². The van der Waals surface area contributed by atoms with E-state index in [1.54, 1.807) is 0 Å². The molecule has 430 valence electrons. The highest BCUT2D eigenvalue weighted by molar-refractivity contribution is 7.93. The zero-order chi connectivity index (χ0) is 57.7. The molecule has 2 saturated heterocycles. The van der Waals surface area contributed by atoms with E-state index in [9.17, 15) is 61.2 Å². The third-order valence-electron chi connectivity index (χ3n) is 13.2. The number of H-pyrrole nitrogens is 2. The van der Waals surface area contributed by atoms with Gasteiger partial charge in [0.15, 0.2) is 16.2 Å². The first-order valence-corrected chi connectivity index (χ1v) is 28.9. The molecule has 2 aromatic heterocycles. The summed E-state index contributed by atoms with van der Waals surface area (Å²) < 4.78 is 94.1. The number of nitrogens with zero attached hydrogens (tertiary/aromatic N) is 2. The molecule has 0 radical (unpaired) electrons. The van der Waals surface area contributed by atoms with Crippen LogP contribution in [0.3, 0.4) is 0 Å². The molecule has 1 aliphatic carbocycles. The van der Waals surface area contributed by atoms with Gasteiger partial charge in [-0.25, -0.2) is 14.4 Å². The van der Waals surface area contributed by atoms with E-state index in [1.165, 1.54) is 80.4 Å². The van der Waals surface area contributed by atoms with Gasteiger partial charge in [0.1, 0.15) is 29.6 Å². The standard InChI is InChI=1S/C48H55N7O21P2S2/c1-23-19-54(47(61)52-43(23)56)36-17-32(69-3)34(73-36)21-72-78(64)76-33-18-37(55-20-24(2)44(57)53-48(55)62)74-35(33)22-71-77(63)70-15-7-5-4-6-14-51-45(58)25-8-9-26(46(59)60)29(16-25)38-27-10-12-30(49)41(79-65)39(27)75-40-28(38)11-13-31(50)42(40)80(66,67)68/h8-13,16,19-20,32-37,49,63-65H,4-7,14-15,17-18,21-22,50H2,1-3H3,(H,51,58)(H,59,60)(H,52,56,61)(H,53,57,62)(H,66,67,68)/t32-,33-,34?,35?,36?,37?,77?,78?/m1/s1. The number of hydrogen-bond donors (Lipinski definition) is 10. The first kappa shape index (κ1) is 60.1. The van der Waals surface area contributed by atoms with Gasteiger partial charge in [0.2, 0.25) is 0 Å². The van der Waals surface area contributed by atoms with Crippen LogP contribution in [-0.2, 0) is 42.4 Å². The van der Waals surface area contributed by atoms with Gasteiger partial charge in [-0.3, -0.25) is 43.4 Å².